The number of rotatable bonds is 3. The molecular formula is C76H84BN3O. The maximum Gasteiger partial charge on any atom is 0.297 e. The van der Waals surface area contributed by atoms with Gasteiger partial charge in [-0.2, -0.15) is 0 Å². The fourth-order valence-corrected chi connectivity index (χ4v) is 16.9. The Kier molecular flexibility index (Phi) is 10.3. The minimum absolute atomic E-state index is 0.00358. The smallest absolute Gasteiger partial charge is 0.297 e. The third kappa shape index (κ3) is 7.14. The molecule has 0 saturated carbocycles. The van der Waals surface area contributed by atoms with E-state index in [9.17, 15) is 0 Å². The van der Waals surface area contributed by atoms with E-state index >= 15 is 0 Å². The van der Waals surface area contributed by atoms with Gasteiger partial charge < -0.3 is 18.8 Å². The molecule has 4 nitrogen and oxygen atoms in total. The summed E-state index contributed by atoms with van der Waals surface area (Å²) in [5.41, 5.74) is 27.6. The Morgan fingerprint density at radius 3 is 1.23 bits per heavy atom. The summed E-state index contributed by atoms with van der Waals surface area (Å²) in [5, 5.41) is 3.75. The molecule has 2 aromatic heterocycles. The number of fused-ring (bicyclic) bond motifs is 13. The van der Waals surface area contributed by atoms with E-state index in [0.717, 1.165) is 55.5 Å². The molecule has 0 N–H and O–H groups in total. The van der Waals surface area contributed by atoms with Gasteiger partial charge in [-0.05, 0) is 217 Å². The zero-order valence-electron chi connectivity index (χ0n) is 51.5. The molecule has 4 aliphatic carbocycles. The number of hydrogen-bond acceptors (Lipinski definition) is 3. The second-order valence-corrected chi connectivity index (χ2v) is 31.6. The quantitative estimate of drug-likeness (QED) is 0.165. The molecule has 0 fully saturated rings. The van der Waals surface area contributed by atoms with Gasteiger partial charge in [0.15, 0.2) is 0 Å². The lowest BCUT2D eigenvalue weighted by molar-refractivity contribution is 0.332. The molecule has 4 heterocycles. The van der Waals surface area contributed by atoms with Crippen molar-refractivity contribution in [1.82, 2.24) is 4.57 Å². The van der Waals surface area contributed by atoms with Gasteiger partial charge in [0, 0.05) is 44.6 Å². The van der Waals surface area contributed by atoms with Crippen LogP contribution in [0.1, 0.15) is 207 Å². The third-order valence-corrected chi connectivity index (χ3v) is 22.6. The molecule has 0 radical (unpaired) electrons. The van der Waals surface area contributed by atoms with Crippen molar-refractivity contribution in [2.24, 2.45) is 0 Å². The van der Waals surface area contributed by atoms with Gasteiger partial charge in [-0.3, -0.25) is 0 Å². The highest BCUT2D eigenvalue weighted by atomic mass is 16.3. The predicted molar refractivity (Wildman–Crippen MR) is 346 cm³/mol. The van der Waals surface area contributed by atoms with Gasteiger partial charge in [0.05, 0.1) is 28.1 Å². The lowest BCUT2D eigenvalue weighted by atomic mass is 9.35. The summed E-state index contributed by atoms with van der Waals surface area (Å²) in [6.45, 7) is 39.5. The second-order valence-electron chi connectivity index (χ2n) is 31.6. The average molecular weight is 1070 g/mol. The first-order valence-corrected chi connectivity index (χ1v) is 31.0. The van der Waals surface area contributed by atoms with Gasteiger partial charge >= 0.3 is 0 Å². The van der Waals surface area contributed by atoms with E-state index in [0.29, 0.717) is 0 Å². The van der Waals surface area contributed by atoms with Crippen molar-refractivity contribution in [2.45, 2.75) is 205 Å². The minimum Gasteiger partial charge on any atom is -0.468 e. The van der Waals surface area contributed by atoms with Crippen molar-refractivity contribution >= 4 is 90.2 Å². The normalized spacial score (nSPS) is 21.4. The molecule has 412 valence electrons. The Morgan fingerprint density at radius 1 is 0.346 bits per heavy atom. The number of benzene rings is 7. The van der Waals surface area contributed by atoms with Crippen LogP contribution in [0.25, 0.3) is 38.5 Å². The number of aromatic nitrogens is 1. The van der Waals surface area contributed by atoms with Gasteiger partial charge in [0.25, 0.3) is 6.71 Å². The molecule has 0 atom stereocenters. The first-order chi connectivity index (χ1) is 38.1. The topological polar surface area (TPSA) is 24.6 Å². The van der Waals surface area contributed by atoms with Gasteiger partial charge in [-0.25, -0.2) is 0 Å². The Morgan fingerprint density at radius 2 is 0.741 bits per heavy atom. The SMILES string of the molecule is CC1(C)CCC(C)(C)c2cc(N3c4cc5c(cc4B4c6oc7cc8c(cc7c6N(c6ccc7c(c6)C(C)(C)CCC7(C)C)c6cc(-n7c9ccccc9c9ccccc97)cc3c64)C(C)(C)CCC8(C)C)C(C)(C)CCC5(C)C)ccc21. The summed E-state index contributed by atoms with van der Waals surface area (Å²) in [4.78, 5) is 5.43. The summed E-state index contributed by atoms with van der Waals surface area (Å²) < 4.78 is 10.5. The second kappa shape index (κ2) is 16.2. The van der Waals surface area contributed by atoms with Crippen LogP contribution in [0.15, 0.2) is 126 Å². The fraction of sp³-hybridized carbons (Fsp3) is 0.421. The molecule has 0 saturated heterocycles. The van der Waals surface area contributed by atoms with Crippen LogP contribution in [-0.4, -0.2) is 11.3 Å². The molecule has 9 aromatic rings. The standard InChI is InChI=1S/C76H84BN3O/c1-69(2)29-31-71(5,6)53-37-45(25-27-51(53)69)78-62-43-57-56(74(11,12)34-35-75(57,13)14)42-59(62)77-66-63(78)39-47(79-60-23-19-17-21-48(60)49-22-18-20-24-61(49)79)40-64(66)80(46-26-28-52-54(38-46)72(7,8)32-30-70(52,3)4)67-50-41-55-58(44-65(50)81-68(67)77)76(15,16)36-33-73(55,9)10/h17-28,37-44H,29-36H2,1-16H3. The summed E-state index contributed by atoms with van der Waals surface area (Å²) >= 11 is 0. The van der Waals surface area contributed by atoms with Crippen LogP contribution < -0.4 is 26.4 Å². The van der Waals surface area contributed by atoms with Crippen LogP contribution in [0.5, 0.6) is 0 Å². The van der Waals surface area contributed by atoms with E-state index in [1.54, 1.807) is 0 Å². The lowest BCUT2D eigenvalue weighted by Gasteiger charge is -2.47. The number of furan rings is 1. The summed E-state index contributed by atoms with van der Waals surface area (Å²) in [6, 6.07) is 48.9. The van der Waals surface area contributed by atoms with Crippen LogP contribution in [-0.2, 0) is 43.3 Å². The van der Waals surface area contributed by atoms with Crippen molar-refractivity contribution in [3.05, 3.63) is 166 Å². The van der Waals surface area contributed by atoms with Crippen LogP contribution in [0.2, 0.25) is 0 Å². The van der Waals surface area contributed by atoms with Gasteiger partial charge in [0.1, 0.15) is 5.58 Å². The van der Waals surface area contributed by atoms with Crippen LogP contribution in [0.4, 0.5) is 34.1 Å². The monoisotopic (exact) mass is 1070 g/mol. The van der Waals surface area contributed by atoms with Crippen LogP contribution >= 0.6 is 0 Å². The Balaban J connectivity index is 1.13. The van der Waals surface area contributed by atoms with E-state index in [2.05, 4.69) is 246 Å². The summed E-state index contributed by atoms with van der Waals surface area (Å²) in [7, 11) is 0. The van der Waals surface area contributed by atoms with Crippen molar-refractivity contribution < 1.29 is 4.42 Å². The fourth-order valence-electron chi connectivity index (χ4n) is 16.9. The predicted octanol–water partition coefficient (Wildman–Crippen LogP) is 19.0. The molecule has 0 bridgehead atoms. The van der Waals surface area contributed by atoms with Crippen molar-refractivity contribution in [3.63, 3.8) is 0 Å². The molecular weight excluding hydrogens is 982 g/mol. The van der Waals surface area contributed by atoms with Crippen molar-refractivity contribution in [3.8, 4) is 5.69 Å². The Labute approximate surface area is 483 Å². The molecule has 6 aliphatic rings. The zero-order valence-corrected chi connectivity index (χ0v) is 51.5. The highest BCUT2D eigenvalue weighted by molar-refractivity contribution is 7.00. The Hall–Kier alpha value is -6.46. The van der Waals surface area contributed by atoms with E-state index in [4.69, 9.17) is 4.42 Å². The third-order valence-electron chi connectivity index (χ3n) is 22.6. The summed E-state index contributed by atoms with van der Waals surface area (Å²) in [5.74, 6) is 0. The van der Waals surface area contributed by atoms with E-state index in [1.165, 1.54) is 130 Å². The van der Waals surface area contributed by atoms with Gasteiger partial charge in [0.2, 0.25) is 0 Å². The number of nitrogens with zero attached hydrogens (tertiary/aromatic N) is 3. The maximum atomic E-state index is 7.92. The molecule has 0 spiro atoms. The highest BCUT2D eigenvalue weighted by Gasteiger charge is 2.51. The molecule has 0 unspecified atom stereocenters. The number of anilines is 6. The van der Waals surface area contributed by atoms with Crippen LogP contribution in [0, 0.1) is 0 Å². The van der Waals surface area contributed by atoms with Crippen molar-refractivity contribution in [2.75, 3.05) is 9.80 Å². The van der Waals surface area contributed by atoms with Gasteiger partial charge in [-0.1, -0.05) is 165 Å². The van der Waals surface area contributed by atoms with E-state index < -0.39 is 0 Å². The number of hydrogen-bond donors (Lipinski definition) is 0. The van der Waals surface area contributed by atoms with E-state index in [-0.39, 0.29) is 50.0 Å². The molecule has 5 heteroatoms. The molecule has 0 amide bonds. The van der Waals surface area contributed by atoms with Crippen molar-refractivity contribution in [1.29, 1.82) is 0 Å². The molecule has 7 aromatic carbocycles. The average Bonchev–Trinajstić information content (AvgIpc) is 2.66. The first kappa shape index (κ1) is 51.4. The molecule has 81 heavy (non-hydrogen) atoms. The largest absolute Gasteiger partial charge is 0.468 e. The maximum absolute atomic E-state index is 7.92. The Bertz CT molecular complexity index is 4170. The minimum atomic E-state index is -0.183. The molecule has 2 aliphatic heterocycles. The summed E-state index contributed by atoms with van der Waals surface area (Å²) in [6.07, 6.45) is 9.23. The van der Waals surface area contributed by atoms with Gasteiger partial charge in [-0.15, -0.1) is 0 Å². The van der Waals surface area contributed by atoms with Crippen LogP contribution in [0.3, 0.4) is 0 Å². The number of para-hydroxylation sites is 2. The zero-order chi connectivity index (χ0) is 56.7. The van der Waals surface area contributed by atoms with E-state index in [1.807, 2.05) is 0 Å². The highest BCUT2D eigenvalue weighted by Crippen LogP contribution is 2.57. The first-order valence-electron chi connectivity index (χ1n) is 31.0. The lowest BCUT2D eigenvalue weighted by Crippen LogP contribution is -2.61. The molecule has 15 rings (SSSR count).